The molecule has 15 rings (SSSR count). The molecule has 0 aliphatic rings. The van der Waals surface area contributed by atoms with Crippen molar-refractivity contribution in [3.63, 3.8) is 0 Å². The average molecular weight is 921 g/mol. The molecule has 8 heteroatoms. The van der Waals surface area contributed by atoms with Crippen LogP contribution < -0.4 is 0 Å². The molecule has 0 bridgehead atoms. The maximum absolute atomic E-state index is 12.0. The van der Waals surface area contributed by atoms with Gasteiger partial charge in [-0.05, 0) is 60.2 Å². The summed E-state index contributed by atoms with van der Waals surface area (Å²) in [5.74, 6) is 1.48. The zero-order valence-corrected chi connectivity index (χ0v) is 38.3. The van der Waals surface area contributed by atoms with Crippen molar-refractivity contribution < 1.29 is 8.83 Å². The summed E-state index contributed by atoms with van der Waals surface area (Å²) in [6.07, 6.45) is 0. The summed E-state index contributed by atoms with van der Waals surface area (Å²) in [6.45, 7) is 0. The number of furan rings is 2. The topological polar surface area (TPSA) is 98.6 Å². The molecule has 15 aromatic rings. The van der Waals surface area contributed by atoms with Crippen molar-refractivity contribution in [3.05, 3.63) is 224 Å². The fraction of sp³-hybridized carbons (Fsp3) is 0. The predicted octanol–water partition coefficient (Wildman–Crippen LogP) is 16.4. The van der Waals surface area contributed by atoms with Gasteiger partial charge in [0.1, 0.15) is 28.4 Å². The van der Waals surface area contributed by atoms with Crippen LogP contribution in [0.5, 0.6) is 0 Å². The van der Waals surface area contributed by atoms with Crippen molar-refractivity contribution in [2.45, 2.75) is 0 Å². The molecule has 0 aliphatic heterocycles. The zero-order valence-electron chi connectivity index (χ0n) is 38.3. The van der Waals surface area contributed by atoms with Gasteiger partial charge in [-0.2, -0.15) is 5.26 Å². The third kappa shape index (κ3) is 5.76. The quantitative estimate of drug-likeness (QED) is 0.165. The van der Waals surface area contributed by atoms with Gasteiger partial charge in [0.15, 0.2) is 17.5 Å². The summed E-state index contributed by atoms with van der Waals surface area (Å²) in [6, 6.07) is 77.1. The number of benzene rings is 10. The smallest absolute Gasteiger partial charge is 0.164 e. The molecule has 5 heterocycles. The molecule has 0 saturated carbocycles. The second-order valence-corrected chi connectivity index (χ2v) is 18.1. The average Bonchev–Trinajstić information content (AvgIpc) is 4.20. The predicted molar refractivity (Wildman–Crippen MR) is 290 cm³/mol. The summed E-state index contributed by atoms with van der Waals surface area (Å²) < 4.78 is 17.8. The van der Waals surface area contributed by atoms with Crippen LogP contribution in [-0.4, -0.2) is 24.1 Å². The van der Waals surface area contributed by atoms with E-state index in [1.807, 2.05) is 97.1 Å². The molecule has 5 aromatic heterocycles. The molecule has 0 saturated heterocycles. The van der Waals surface area contributed by atoms with Crippen molar-refractivity contribution in [2.75, 3.05) is 0 Å². The second kappa shape index (κ2) is 15.5. The largest absolute Gasteiger partial charge is 0.456 e. The Kier molecular flexibility index (Phi) is 8.55. The molecule has 0 fully saturated rings. The van der Waals surface area contributed by atoms with E-state index >= 15 is 0 Å². The summed E-state index contributed by atoms with van der Waals surface area (Å²) in [7, 11) is 0. The third-order valence-corrected chi connectivity index (χ3v) is 14.2. The maximum Gasteiger partial charge on any atom is 0.164 e. The van der Waals surface area contributed by atoms with Gasteiger partial charge in [0, 0.05) is 65.3 Å². The van der Waals surface area contributed by atoms with E-state index in [4.69, 9.17) is 23.8 Å². The Balaban J connectivity index is 1.18. The lowest BCUT2D eigenvalue weighted by molar-refractivity contribution is 0.669. The van der Waals surface area contributed by atoms with Gasteiger partial charge < -0.3 is 18.0 Å². The van der Waals surface area contributed by atoms with Crippen LogP contribution in [0.15, 0.2) is 227 Å². The van der Waals surface area contributed by atoms with Gasteiger partial charge in [0.2, 0.25) is 0 Å². The van der Waals surface area contributed by atoms with E-state index in [9.17, 15) is 5.26 Å². The minimum Gasteiger partial charge on any atom is -0.456 e. The van der Waals surface area contributed by atoms with E-state index in [-0.39, 0.29) is 0 Å². The van der Waals surface area contributed by atoms with Crippen LogP contribution in [0.25, 0.3) is 144 Å². The van der Waals surface area contributed by atoms with E-state index in [0.717, 1.165) is 115 Å². The lowest BCUT2D eigenvalue weighted by Gasteiger charge is -2.24. The van der Waals surface area contributed by atoms with E-state index in [1.165, 1.54) is 0 Å². The van der Waals surface area contributed by atoms with Crippen molar-refractivity contribution in [1.82, 2.24) is 24.1 Å². The molecule has 72 heavy (non-hydrogen) atoms. The van der Waals surface area contributed by atoms with Crippen LogP contribution in [0.3, 0.4) is 0 Å². The minimum absolute atomic E-state index is 0.434. The first kappa shape index (κ1) is 39.9. The lowest BCUT2D eigenvalue weighted by Crippen LogP contribution is -2.10. The van der Waals surface area contributed by atoms with Gasteiger partial charge >= 0.3 is 0 Å². The van der Waals surface area contributed by atoms with E-state index < -0.39 is 0 Å². The number of nitrogens with zero attached hydrogens (tertiary/aromatic N) is 6. The second-order valence-electron chi connectivity index (χ2n) is 18.1. The molecular weight excluding hydrogens is 885 g/mol. The Labute approximate surface area is 410 Å². The number of nitriles is 1. The molecule has 0 radical (unpaired) electrons. The molecule has 334 valence electrons. The number of para-hydroxylation sites is 4. The molecule has 0 aliphatic carbocycles. The van der Waals surface area contributed by atoms with Crippen molar-refractivity contribution >= 4 is 87.5 Å². The number of rotatable bonds is 6. The Morgan fingerprint density at radius 3 is 1.26 bits per heavy atom. The van der Waals surface area contributed by atoms with Crippen molar-refractivity contribution in [2.24, 2.45) is 0 Å². The highest BCUT2D eigenvalue weighted by Crippen LogP contribution is 2.50. The Morgan fingerprint density at radius 2 is 0.764 bits per heavy atom. The van der Waals surface area contributed by atoms with Crippen LogP contribution >= 0.6 is 0 Å². The van der Waals surface area contributed by atoms with Crippen LogP contribution in [0, 0.1) is 11.3 Å². The van der Waals surface area contributed by atoms with Crippen LogP contribution in [0.2, 0.25) is 0 Å². The molecule has 0 spiro atoms. The van der Waals surface area contributed by atoms with Crippen LogP contribution in [-0.2, 0) is 0 Å². The molecular formula is C64H36N6O2. The molecule has 8 nitrogen and oxygen atoms in total. The normalized spacial score (nSPS) is 11.9. The summed E-state index contributed by atoms with van der Waals surface area (Å²) in [5.41, 5.74) is 13.1. The fourth-order valence-electron chi connectivity index (χ4n) is 11.2. The van der Waals surface area contributed by atoms with Gasteiger partial charge in [-0.3, -0.25) is 0 Å². The number of aromatic nitrogens is 5. The molecule has 0 amide bonds. The van der Waals surface area contributed by atoms with Gasteiger partial charge in [-0.15, -0.1) is 0 Å². The summed E-state index contributed by atoms with van der Waals surface area (Å²) in [4.78, 5) is 15.8. The number of hydrogen-bond acceptors (Lipinski definition) is 6. The van der Waals surface area contributed by atoms with Gasteiger partial charge in [0.05, 0.1) is 39.0 Å². The first-order chi connectivity index (χ1) is 35.7. The molecule has 0 atom stereocenters. The standard InChI is InChI=1S/C64H36N6O2/c65-37-41-36-46(64-67-62(39-20-6-2-7-21-39)66-63(68-64)40-22-8-3-9-23-40)55(38-18-4-1-5-19-38)61(70-48-29-15-11-25-43(48)57-50(70)33-35-54-59(57)45-27-13-17-31-52(45)72-54)60(41)69-47-28-14-10-24-42(47)56-49(69)32-34-53-58(56)44-26-12-16-30-51(44)71-53/h1-36H. The van der Waals surface area contributed by atoms with Crippen LogP contribution in [0.1, 0.15) is 5.56 Å². The zero-order chi connectivity index (χ0) is 47.4. The van der Waals surface area contributed by atoms with Gasteiger partial charge in [-0.1, -0.05) is 164 Å². The molecule has 10 aromatic carbocycles. The minimum atomic E-state index is 0.434. The Bertz CT molecular complexity index is 4690. The Hall–Kier alpha value is -10.1. The number of fused-ring (bicyclic) bond motifs is 14. The fourth-order valence-corrected chi connectivity index (χ4v) is 11.2. The van der Waals surface area contributed by atoms with Crippen molar-refractivity contribution in [1.29, 1.82) is 5.26 Å². The van der Waals surface area contributed by atoms with Gasteiger partial charge in [0.25, 0.3) is 0 Å². The lowest BCUT2D eigenvalue weighted by atomic mass is 9.92. The summed E-state index contributed by atoms with van der Waals surface area (Å²) >= 11 is 0. The highest BCUT2D eigenvalue weighted by Gasteiger charge is 2.31. The summed E-state index contributed by atoms with van der Waals surface area (Å²) in [5, 5.41) is 20.3. The highest BCUT2D eigenvalue weighted by atomic mass is 16.3. The molecule has 0 N–H and O–H groups in total. The van der Waals surface area contributed by atoms with Crippen molar-refractivity contribution in [3.8, 4) is 62.7 Å². The van der Waals surface area contributed by atoms with Crippen LogP contribution in [0.4, 0.5) is 0 Å². The maximum atomic E-state index is 12.0. The molecule has 0 unspecified atom stereocenters. The first-order valence-electron chi connectivity index (χ1n) is 23.9. The third-order valence-electron chi connectivity index (χ3n) is 14.2. The number of hydrogen-bond donors (Lipinski definition) is 0. The van der Waals surface area contributed by atoms with E-state index in [1.54, 1.807) is 0 Å². The highest BCUT2D eigenvalue weighted by molar-refractivity contribution is 6.29. The van der Waals surface area contributed by atoms with E-state index in [0.29, 0.717) is 34.3 Å². The van der Waals surface area contributed by atoms with E-state index in [2.05, 4.69) is 137 Å². The van der Waals surface area contributed by atoms with Gasteiger partial charge in [-0.25, -0.2) is 15.0 Å². The Morgan fingerprint density at radius 1 is 0.347 bits per heavy atom. The SMILES string of the molecule is N#Cc1cc(-c2nc(-c3ccccc3)nc(-c3ccccc3)n2)c(-c2ccccc2)c(-n2c3ccccc3c3c4c(ccc32)oc2ccccc24)c1-n1c2ccccc2c2c3c(ccc21)oc1ccccc13. The monoisotopic (exact) mass is 920 g/mol. The first-order valence-corrected chi connectivity index (χ1v) is 23.9.